The molecule has 1 atom stereocenters. The molecule has 0 fully saturated rings. The van der Waals surface area contributed by atoms with Crippen LogP contribution in [-0.2, 0) is 9.59 Å². The molecule has 1 aromatic rings. The van der Waals surface area contributed by atoms with Gasteiger partial charge in [0.15, 0.2) is 17.3 Å². The minimum absolute atomic E-state index is 0.00618. The van der Waals surface area contributed by atoms with Gasteiger partial charge >= 0.3 is 0 Å². The van der Waals surface area contributed by atoms with Crippen molar-refractivity contribution in [1.82, 2.24) is 10.0 Å². The summed E-state index contributed by atoms with van der Waals surface area (Å²) < 4.78 is 10.9. The van der Waals surface area contributed by atoms with Gasteiger partial charge in [-0.3, -0.25) is 9.59 Å². The van der Waals surface area contributed by atoms with Crippen molar-refractivity contribution in [3.8, 4) is 11.5 Å². The molecule has 2 aliphatic rings. The van der Waals surface area contributed by atoms with E-state index in [1.54, 1.807) is 24.2 Å². The molecule has 0 bridgehead atoms. The maximum Gasteiger partial charge on any atom is 0.242 e. The standard InChI is InChI=1S/C19H24N2O4/c1-20(2)21-14-8-6-9-15(22)18(14)13(11-17(21)23)12-7-5-10-16(24-3)19(12)25-4/h5,7,10,13H,6,8-9,11H2,1-4H3/t13-/m0/s1. The van der Waals surface area contributed by atoms with Crippen LogP contribution in [-0.4, -0.2) is 50.0 Å². The van der Waals surface area contributed by atoms with Gasteiger partial charge in [0, 0.05) is 49.7 Å². The van der Waals surface area contributed by atoms with Crippen LogP contribution in [0.5, 0.6) is 11.5 Å². The first-order valence-corrected chi connectivity index (χ1v) is 8.46. The Morgan fingerprint density at radius 2 is 1.88 bits per heavy atom. The van der Waals surface area contributed by atoms with Crippen molar-refractivity contribution in [2.24, 2.45) is 0 Å². The molecule has 0 saturated heterocycles. The lowest BCUT2D eigenvalue weighted by Gasteiger charge is -2.41. The minimum Gasteiger partial charge on any atom is -0.493 e. The Kier molecular flexibility index (Phi) is 4.81. The van der Waals surface area contributed by atoms with Crippen molar-refractivity contribution in [3.63, 3.8) is 0 Å². The van der Waals surface area contributed by atoms with Crippen molar-refractivity contribution in [2.75, 3.05) is 28.3 Å². The number of carbonyl (C=O) groups is 2. The Morgan fingerprint density at radius 3 is 2.52 bits per heavy atom. The van der Waals surface area contributed by atoms with Crippen LogP contribution in [0.1, 0.15) is 37.2 Å². The molecule has 1 heterocycles. The molecule has 25 heavy (non-hydrogen) atoms. The summed E-state index contributed by atoms with van der Waals surface area (Å²) >= 11 is 0. The van der Waals surface area contributed by atoms with Crippen LogP contribution in [0.4, 0.5) is 0 Å². The summed E-state index contributed by atoms with van der Waals surface area (Å²) in [4.78, 5) is 25.6. The number of hydrazine groups is 1. The molecule has 1 amide bonds. The second kappa shape index (κ2) is 6.88. The topological polar surface area (TPSA) is 59.1 Å². The molecule has 0 saturated carbocycles. The number of Topliss-reactive ketones (excluding diaryl/α,β-unsaturated/α-hetero) is 1. The Balaban J connectivity index is 2.18. The lowest BCUT2D eigenvalue weighted by molar-refractivity contribution is -0.143. The Hall–Kier alpha value is -2.34. The summed E-state index contributed by atoms with van der Waals surface area (Å²) in [5, 5.41) is 3.41. The van der Waals surface area contributed by atoms with E-state index in [4.69, 9.17) is 9.47 Å². The SMILES string of the molecule is COc1cccc([C@@H]2CC(=O)N(N(C)C)C3=C2C(=O)CCC3)c1OC. The number of rotatable bonds is 4. The zero-order valence-electron chi connectivity index (χ0n) is 15.2. The van der Waals surface area contributed by atoms with Crippen molar-refractivity contribution in [1.29, 1.82) is 0 Å². The lowest BCUT2D eigenvalue weighted by atomic mass is 9.77. The molecule has 134 valence electrons. The maximum absolute atomic E-state index is 12.8. The molecule has 6 nitrogen and oxygen atoms in total. The molecule has 0 aromatic heterocycles. The third-order valence-electron chi connectivity index (χ3n) is 4.86. The second-order valence-corrected chi connectivity index (χ2v) is 6.53. The first kappa shape index (κ1) is 17.5. The molecular weight excluding hydrogens is 320 g/mol. The highest BCUT2D eigenvalue weighted by Crippen LogP contribution is 2.46. The molecule has 1 aromatic carbocycles. The van der Waals surface area contributed by atoms with Crippen LogP contribution >= 0.6 is 0 Å². The Morgan fingerprint density at radius 1 is 1.12 bits per heavy atom. The third-order valence-corrected chi connectivity index (χ3v) is 4.86. The maximum atomic E-state index is 12.8. The van der Waals surface area contributed by atoms with E-state index in [0.717, 1.165) is 29.7 Å². The van der Waals surface area contributed by atoms with Crippen molar-refractivity contribution in [2.45, 2.75) is 31.6 Å². The van der Waals surface area contributed by atoms with Crippen LogP contribution in [0, 0.1) is 0 Å². The van der Waals surface area contributed by atoms with Gasteiger partial charge in [0.05, 0.1) is 14.2 Å². The van der Waals surface area contributed by atoms with E-state index in [-0.39, 0.29) is 24.0 Å². The van der Waals surface area contributed by atoms with E-state index in [1.807, 2.05) is 32.3 Å². The number of amides is 1. The molecule has 0 unspecified atom stereocenters. The van der Waals surface area contributed by atoms with E-state index in [0.29, 0.717) is 17.9 Å². The predicted octanol–water partition coefficient (Wildman–Crippen LogP) is 2.50. The van der Waals surface area contributed by atoms with Crippen LogP contribution in [0.25, 0.3) is 0 Å². The number of nitrogens with zero attached hydrogens (tertiary/aromatic N) is 2. The average Bonchev–Trinajstić information content (AvgIpc) is 2.59. The smallest absolute Gasteiger partial charge is 0.242 e. The molecule has 1 aliphatic carbocycles. The summed E-state index contributed by atoms with van der Waals surface area (Å²) in [6.07, 6.45) is 2.27. The zero-order valence-corrected chi connectivity index (χ0v) is 15.2. The highest BCUT2D eigenvalue weighted by Gasteiger charge is 2.41. The molecule has 1 aliphatic heterocycles. The summed E-state index contributed by atoms with van der Waals surface area (Å²) in [5.74, 6) is 1.01. The number of allylic oxidation sites excluding steroid dienone is 2. The summed E-state index contributed by atoms with van der Waals surface area (Å²) in [6.45, 7) is 0. The largest absolute Gasteiger partial charge is 0.493 e. The fraction of sp³-hybridized carbons (Fsp3) is 0.474. The first-order valence-electron chi connectivity index (χ1n) is 8.46. The average molecular weight is 344 g/mol. The zero-order chi connectivity index (χ0) is 18.1. The van der Waals surface area contributed by atoms with E-state index >= 15 is 0 Å². The molecule has 6 heteroatoms. The van der Waals surface area contributed by atoms with Crippen molar-refractivity contribution >= 4 is 11.7 Å². The minimum atomic E-state index is -0.295. The van der Waals surface area contributed by atoms with E-state index in [1.165, 1.54) is 0 Å². The number of ether oxygens (including phenoxy) is 2. The molecule has 0 spiro atoms. The molecule has 0 radical (unpaired) electrons. The number of methoxy groups -OCH3 is 2. The summed E-state index contributed by atoms with van der Waals surface area (Å²) in [5.41, 5.74) is 2.40. The summed E-state index contributed by atoms with van der Waals surface area (Å²) in [7, 11) is 6.82. The van der Waals surface area contributed by atoms with E-state index < -0.39 is 0 Å². The van der Waals surface area contributed by atoms with Gasteiger partial charge in [-0.1, -0.05) is 12.1 Å². The number of hydrogen-bond acceptors (Lipinski definition) is 5. The van der Waals surface area contributed by atoms with Crippen LogP contribution in [0.2, 0.25) is 0 Å². The number of carbonyl (C=O) groups excluding carboxylic acids is 2. The van der Waals surface area contributed by atoms with Gasteiger partial charge in [0.25, 0.3) is 0 Å². The van der Waals surface area contributed by atoms with Gasteiger partial charge in [0.2, 0.25) is 5.91 Å². The van der Waals surface area contributed by atoms with Gasteiger partial charge in [-0.25, -0.2) is 10.0 Å². The van der Waals surface area contributed by atoms with Crippen molar-refractivity contribution in [3.05, 3.63) is 35.0 Å². The monoisotopic (exact) mass is 344 g/mol. The first-order chi connectivity index (χ1) is 12.0. The van der Waals surface area contributed by atoms with Crippen LogP contribution in [0.3, 0.4) is 0 Å². The number of para-hydroxylation sites is 1. The van der Waals surface area contributed by atoms with E-state index in [9.17, 15) is 9.59 Å². The highest BCUT2D eigenvalue weighted by molar-refractivity contribution is 6.01. The van der Waals surface area contributed by atoms with Crippen LogP contribution in [0.15, 0.2) is 29.5 Å². The normalized spacial score (nSPS) is 20.8. The fourth-order valence-corrected chi connectivity index (χ4v) is 3.89. The lowest BCUT2D eigenvalue weighted by Crippen LogP contribution is -2.47. The molecular formula is C19H24N2O4. The Labute approximate surface area is 148 Å². The fourth-order valence-electron chi connectivity index (χ4n) is 3.89. The quantitative estimate of drug-likeness (QED) is 0.840. The van der Waals surface area contributed by atoms with Gasteiger partial charge in [0.1, 0.15) is 0 Å². The number of hydrogen-bond donors (Lipinski definition) is 0. The second-order valence-electron chi connectivity index (χ2n) is 6.53. The van der Waals surface area contributed by atoms with Crippen LogP contribution < -0.4 is 9.47 Å². The van der Waals surface area contributed by atoms with E-state index in [2.05, 4.69) is 0 Å². The Bertz CT molecular complexity index is 739. The molecule has 0 N–H and O–H groups in total. The van der Waals surface area contributed by atoms with Gasteiger partial charge in [-0.05, 0) is 18.9 Å². The highest BCUT2D eigenvalue weighted by atomic mass is 16.5. The van der Waals surface area contributed by atoms with Gasteiger partial charge < -0.3 is 9.47 Å². The third kappa shape index (κ3) is 2.91. The predicted molar refractivity (Wildman–Crippen MR) is 93.3 cm³/mol. The van der Waals surface area contributed by atoms with Crippen molar-refractivity contribution < 1.29 is 19.1 Å². The van der Waals surface area contributed by atoms with Gasteiger partial charge in [-0.15, -0.1) is 0 Å². The summed E-state index contributed by atoms with van der Waals surface area (Å²) in [6, 6.07) is 5.60. The molecule has 3 rings (SSSR count). The van der Waals surface area contributed by atoms with Gasteiger partial charge in [-0.2, -0.15) is 0 Å². The number of benzene rings is 1. The number of ketones is 1.